The quantitative estimate of drug-likeness (QED) is 0.471. The Morgan fingerprint density at radius 1 is 1.62 bits per heavy atom. The summed E-state index contributed by atoms with van der Waals surface area (Å²) in [6.45, 7) is 0. The lowest BCUT2D eigenvalue weighted by molar-refractivity contribution is -0.385. The molecule has 16 heavy (non-hydrogen) atoms. The monoisotopic (exact) mass is 228 g/mol. The highest BCUT2D eigenvalue weighted by Gasteiger charge is 2.22. The van der Waals surface area contributed by atoms with Gasteiger partial charge in [0, 0.05) is 17.7 Å². The molecule has 0 aliphatic carbocycles. The van der Waals surface area contributed by atoms with Crippen LogP contribution in [0.15, 0.2) is 18.2 Å². The van der Waals surface area contributed by atoms with E-state index >= 15 is 0 Å². The molecule has 7 heteroatoms. The molecule has 0 fully saturated rings. The van der Waals surface area contributed by atoms with Crippen LogP contribution in [0.1, 0.15) is 11.6 Å². The number of methoxy groups -OCH3 is 1. The summed E-state index contributed by atoms with van der Waals surface area (Å²) in [5, 5.41) is 10.5. The van der Waals surface area contributed by atoms with E-state index in [1.807, 2.05) is 0 Å². The van der Waals surface area contributed by atoms with Crippen LogP contribution < -0.4 is 5.73 Å². The Morgan fingerprint density at radius 3 is 2.75 bits per heavy atom. The molecule has 0 aliphatic heterocycles. The van der Waals surface area contributed by atoms with Crippen LogP contribution in [0, 0.1) is 15.9 Å². The second kappa shape index (κ2) is 4.67. The molecule has 0 heterocycles. The van der Waals surface area contributed by atoms with Gasteiger partial charge in [-0.05, 0) is 6.07 Å². The molecule has 86 valence electrons. The van der Waals surface area contributed by atoms with Crippen molar-refractivity contribution in [3.63, 3.8) is 0 Å². The number of carbonyl (C=O) groups excluding carboxylic acids is 1. The Morgan fingerprint density at radius 2 is 2.25 bits per heavy atom. The Labute approximate surface area is 90.0 Å². The number of benzene rings is 1. The molecule has 1 atom stereocenters. The Bertz CT molecular complexity index is 436. The smallest absolute Gasteiger partial charge is 0.327 e. The van der Waals surface area contributed by atoms with Gasteiger partial charge in [-0.3, -0.25) is 14.9 Å². The molecular weight excluding hydrogens is 219 g/mol. The number of esters is 1. The van der Waals surface area contributed by atoms with E-state index in [0.717, 1.165) is 25.3 Å². The van der Waals surface area contributed by atoms with E-state index < -0.39 is 22.8 Å². The fourth-order valence-corrected chi connectivity index (χ4v) is 1.14. The molecule has 0 radical (unpaired) electrons. The number of nitrogens with two attached hydrogens (primary N) is 1. The summed E-state index contributed by atoms with van der Waals surface area (Å²) in [5.74, 6) is -1.65. The van der Waals surface area contributed by atoms with E-state index in [9.17, 15) is 19.3 Å². The maximum Gasteiger partial charge on any atom is 0.327 e. The summed E-state index contributed by atoms with van der Waals surface area (Å²) < 4.78 is 17.6. The SMILES string of the molecule is COC(=O)[C@H](N)c1cc([N+](=O)[O-])ccc1F. The highest BCUT2D eigenvalue weighted by Crippen LogP contribution is 2.21. The number of hydrogen-bond donors (Lipinski definition) is 1. The Hall–Kier alpha value is -2.02. The van der Waals surface area contributed by atoms with E-state index in [2.05, 4.69) is 4.74 Å². The molecule has 1 aromatic rings. The number of rotatable bonds is 3. The van der Waals surface area contributed by atoms with Crippen molar-refractivity contribution in [2.45, 2.75) is 6.04 Å². The van der Waals surface area contributed by atoms with Gasteiger partial charge < -0.3 is 10.5 Å². The molecule has 0 saturated carbocycles. The molecule has 0 aromatic heterocycles. The van der Waals surface area contributed by atoms with Gasteiger partial charge in [0.25, 0.3) is 5.69 Å². The highest BCUT2D eigenvalue weighted by molar-refractivity contribution is 5.77. The molecule has 0 unspecified atom stereocenters. The first kappa shape index (κ1) is 12.1. The number of hydrogen-bond acceptors (Lipinski definition) is 5. The van der Waals surface area contributed by atoms with Gasteiger partial charge in [0.15, 0.2) is 0 Å². The third-order valence-corrected chi connectivity index (χ3v) is 1.98. The number of halogens is 1. The lowest BCUT2D eigenvalue weighted by Crippen LogP contribution is -2.23. The van der Waals surface area contributed by atoms with Gasteiger partial charge in [-0.15, -0.1) is 0 Å². The van der Waals surface area contributed by atoms with E-state index in [0.29, 0.717) is 0 Å². The van der Waals surface area contributed by atoms with Crippen LogP contribution >= 0.6 is 0 Å². The maximum atomic E-state index is 13.3. The molecular formula is C9H9FN2O4. The van der Waals surface area contributed by atoms with Crippen LogP contribution in [0.2, 0.25) is 0 Å². The molecule has 0 bridgehead atoms. The number of non-ortho nitro benzene ring substituents is 1. The molecule has 0 aliphatic rings. The molecule has 6 nitrogen and oxygen atoms in total. The number of nitro groups is 1. The third-order valence-electron chi connectivity index (χ3n) is 1.98. The largest absolute Gasteiger partial charge is 0.468 e. The van der Waals surface area contributed by atoms with Gasteiger partial charge >= 0.3 is 5.97 Å². The van der Waals surface area contributed by atoms with Crippen LogP contribution in [-0.2, 0) is 9.53 Å². The number of nitro benzene ring substituents is 1. The lowest BCUT2D eigenvalue weighted by Gasteiger charge is -2.09. The van der Waals surface area contributed by atoms with E-state index in [4.69, 9.17) is 5.73 Å². The first-order valence-electron chi connectivity index (χ1n) is 4.24. The van der Waals surface area contributed by atoms with Crippen molar-refractivity contribution >= 4 is 11.7 Å². The average Bonchev–Trinajstić information content (AvgIpc) is 2.27. The van der Waals surface area contributed by atoms with Gasteiger partial charge in [0.1, 0.15) is 11.9 Å². The fourth-order valence-electron chi connectivity index (χ4n) is 1.14. The zero-order valence-corrected chi connectivity index (χ0v) is 8.34. The van der Waals surface area contributed by atoms with Gasteiger partial charge in [-0.2, -0.15) is 0 Å². The van der Waals surface area contributed by atoms with Crippen molar-refractivity contribution in [3.8, 4) is 0 Å². The minimum Gasteiger partial charge on any atom is -0.468 e. The van der Waals surface area contributed by atoms with E-state index in [1.165, 1.54) is 0 Å². The van der Waals surface area contributed by atoms with Crippen LogP contribution in [0.5, 0.6) is 0 Å². The summed E-state index contributed by atoms with van der Waals surface area (Å²) in [4.78, 5) is 20.8. The van der Waals surface area contributed by atoms with E-state index in [-0.39, 0.29) is 11.3 Å². The molecule has 2 N–H and O–H groups in total. The maximum absolute atomic E-state index is 13.3. The normalized spacial score (nSPS) is 11.9. The summed E-state index contributed by atoms with van der Waals surface area (Å²) in [6.07, 6.45) is 0. The van der Waals surface area contributed by atoms with Crippen LogP contribution in [-0.4, -0.2) is 18.0 Å². The summed E-state index contributed by atoms with van der Waals surface area (Å²) in [6, 6.07) is 1.42. The predicted molar refractivity (Wildman–Crippen MR) is 52.0 cm³/mol. The minimum atomic E-state index is -1.37. The predicted octanol–water partition coefficient (Wildman–Crippen LogP) is 0.907. The second-order valence-corrected chi connectivity index (χ2v) is 2.96. The zero-order chi connectivity index (χ0) is 12.3. The fraction of sp³-hybridized carbons (Fsp3) is 0.222. The second-order valence-electron chi connectivity index (χ2n) is 2.96. The van der Waals surface area contributed by atoms with Crippen molar-refractivity contribution in [2.75, 3.05) is 7.11 Å². The zero-order valence-electron chi connectivity index (χ0n) is 8.34. The number of carbonyl (C=O) groups is 1. The minimum absolute atomic E-state index is 0.263. The molecule has 0 amide bonds. The van der Waals surface area contributed by atoms with Gasteiger partial charge in [0.05, 0.1) is 12.0 Å². The molecule has 0 spiro atoms. The van der Waals surface area contributed by atoms with Crippen LogP contribution in [0.25, 0.3) is 0 Å². The summed E-state index contributed by atoms with van der Waals surface area (Å²) in [7, 11) is 1.09. The Balaban J connectivity index is 3.16. The third kappa shape index (κ3) is 2.31. The first-order valence-corrected chi connectivity index (χ1v) is 4.24. The van der Waals surface area contributed by atoms with Crippen LogP contribution in [0.3, 0.4) is 0 Å². The highest BCUT2D eigenvalue weighted by atomic mass is 19.1. The molecule has 1 aromatic carbocycles. The van der Waals surface area contributed by atoms with Gasteiger partial charge in [-0.1, -0.05) is 0 Å². The van der Waals surface area contributed by atoms with Gasteiger partial charge in [0.2, 0.25) is 0 Å². The number of ether oxygens (including phenoxy) is 1. The van der Waals surface area contributed by atoms with Crippen molar-refractivity contribution in [1.29, 1.82) is 0 Å². The van der Waals surface area contributed by atoms with Crippen molar-refractivity contribution in [2.24, 2.45) is 5.73 Å². The average molecular weight is 228 g/mol. The Kier molecular flexibility index (Phi) is 3.51. The van der Waals surface area contributed by atoms with E-state index in [1.54, 1.807) is 0 Å². The summed E-state index contributed by atoms with van der Waals surface area (Å²) in [5.41, 5.74) is 4.78. The van der Waals surface area contributed by atoms with Crippen molar-refractivity contribution in [1.82, 2.24) is 0 Å². The number of nitrogens with zero attached hydrogens (tertiary/aromatic N) is 1. The molecule has 1 rings (SSSR count). The van der Waals surface area contributed by atoms with Gasteiger partial charge in [-0.25, -0.2) is 4.39 Å². The first-order chi connectivity index (χ1) is 7.47. The lowest BCUT2D eigenvalue weighted by atomic mass is 10.1. The summed E-state index contributed by atoms with van der Waals surface area (Å²) >= 11 is 0. The standard InChI is InChI=1S/C9H9FN2O4/c1-16-9(13)8(11)6-4-5(12(14)15)2-3-7(6)10/h2-4,8H,11H2,1H3/t8-/m1/s1. The molecule has 0 saturated heterocycles. The van der Waals surface area contributed by atoms with Crippen molar-refractivity contribution in [3.05, 3.63) is 39.7 Å². The van der Waals surface area contributed by atoms with Crippen LogP contribution in [0.4, 0.5) is 10.1 Å². The van der Waals surface area contributed by atoms with Crippen molar-refractivity contribution < 1.29 is 18.8 Å². The topological polar surface area (TPSA) is 95.5 Å².